The normalized spacial score (nSPS) is 14.2. The number of ether oxygens (including phenoxy) is 2. The number of unbranched alkanes of at least 4 members (excludes halogenated alkanes) is 2. The number of amides is 1. The number of nitrogens with zero attached hydrogens (tertiary/aromatic N) is 1. The van der Waals surface area contributed by atoms with Gasteiger partial charge in [0.15, 0.2) is 11.5 Å². The summed E-state index contributed by atoms with van der Waals surface area (Å²) in [5, 5.41) is 4.55. The molecule has 38 heavy (non-hydrogen) atoms. The van der Waals surface area contributed by atoms with Gasteiger partial charge in [-0.2, -0.15) is 0 Å². The number of rotatable bonds is 11. The van der Waals surface area contributed by atoms with Crippen LogP contribution in [0.15, 0.2) is 36.4 Å². The number of carbonyl (C=O) groups excluding carboxylic acids is 1. The second kappa shape index (κ2) is 12.9. The molecule has 2 N–H and O–H groups in total. The minimum absolute atomic E-state index is 0.197. The summed E-state index contributed by atoms with van der Waals surface area (Å²) in [6.45, 7) is 7.35. The lowest BCUT2D eigenvalue weighted by atomic mass is 9.87. The van der Waals surface area contributed by atoms with Gasteiger partial charge in [0.25, 0.3) is 0 Å². The minimum atomic E-state index is 0.197. The monoisotopic (exact) mass is 515 g/mol. The fourth-order valence-corrected chi connectivity index (χ4v) is 5.55. The van der Waals surface area contributed by atoms with Gasteiger partial charge in [0.05, 0.1) is 26.5 Å². The molecule has 0 unspecified atom stereocenters. The number of piperidine rings is 1. The maximum absolute atomic E-state index is 12.7. The summed E-state index contributed by atoms with van der Waals surface area (Å²) < 4.78 is 11.0. The molecule has 1 fully saturated rings. The van der Waals surface area contributed by atoms with Crippen LogP contribution >= 0.6 is 0 Å². The lowest BCUT2D eigenvalue weighted by molar-refractivity contribution is -0.131. The number of carbonyl (C=O) groups is 1. The summed E-state index contributed by atoms with van der Waals surface area (Å²) in [7, 11) is 3.32. The van der Waals surface area contributed by atoms with Gasteiger partial charge in [0.2, 0.25) is 5.91 Å². The van der Waals surface area contributed by atoms with Gasteiger partial charge in [0, 0.05) is 36.0 Å². The minimum Gasteiger partial charge on any atom is -0.493 e. The Hall–Kier alpha value is -3.43. The Balaban J connectivity index is 1.46. The number of hydrogen-bond donors (Lipinski definition) is 2. The smallest absolute Gasteiger partial charge is 0.236 e. The van der Waals surface area contributed by atoms with Crippen LogP contribution in [-0.2, 0) is 4.79 Å². The molecule has 0 atom stereocenters. The van der Waals surface area contributed by atoms with Crippen molar-refractivity contribution in [2.45, 2.75) is 57.8 Å². The van der Waals surface area contributed by atoms with Gasteiger partial charge in [-0.05, 0) is 85.5 Å². The molecule has 0 spiro atoms. The zero-order valence-electron chi connectivity index (χ0n) is 23.2. The molecule has 1 saturated heterocycles. The Labute approximate surface area is 227 Å². The van der Waals surface area contributed by atoms with Crippen molar-refractivity contribution in [3.05, 3.63) is 47.5 Å². The first-order valence-electron chi connectivity index (χ1n) is 13.8. The van der Waals surface area contributed by atoms with E-state index in [1.807, 2.05) is 17.0 Å². The third-order valence-electron chi connectivity index (χ3n) is 7.63. The van der Waals surface area contributed by atoms with E-state index in [4.69, 9.17) is 15.9 Å². The van der Waals surface area contributed by atoms with Gasteiger partial charge in [-0.25, -0.2) is 0 Å². The summed E-state index contributed by atoms with van der Waals surface area (Å²) in [6, 6.07) is 12.9. The average Bonchev–Trinajstić information content (AvgIpc) is 3.33. The highest BCUT2D eigenvalue weighted by Gasteiger charge is 2.25. The van der Waals surface area contributed by atoms with Crippen LogP contribution in [0.25, 0.3) is 22.2 Å². The van der Waals surface area contributed by atoms with Crippen LogP contribution in [0.2, 0.25) is 0 Å². The van der Waals surface area contributed by atoms with Gasteiger partial charge in [-0.1, -0.05) is 19.9 Å². The molecule has 0 saturated carbocycles. The molecule has 0 radical (unpaired) electrons. The maximum atomic E-state index is 12.7. The van der Waals surface area contributed by atoms with E-state index >= 15 is 0 Å². The molecule has 0 aliphatic carbocycles. The Morgan fingerprint density at radius 1 is 1.11 bits per heavy atom. The van der Waals surface area contributed by atoms with E-state index < -0.39 is 0 Å². The van der Waals surface area contributed by atoms with Gasteiger partial charge in [-0.15, -0.1) is 12.3 Å². The number of likely N-dealkylation sites (tertiary alicyclic amines) is 1. The standard InChI is InChI=1S/C32H41N3O3/c1-6-7-8-9-16-33-21-30(36)35-17-14-23(15-18-35)24-10-12-27-26(19-24)31(22(2)3)32(34-27)25-11-13-28(37-4)29(20-25)38-5/h1,10-13,19-20,22-23,33-34H,7-9,14-18,21H2,2-5H3. The van der Waals surface area contributed by atoms with Crippen LogP contribution in [0.4, 0.5) is 0 Å². The molecule has 2 aromatic carbocycles. The zero-order chi connectivity index (χ0) is 27.1. The highest BCUT2D eigenvalue weighted by molar-refractivity contribution is 5.92. The molecular formula is C32H41N3O3. The molecule has 3 aromatic rings. The fraction of sp³-hybridized carbons (Fsp3) is 0.469. The largest absolute Gasteiger partial charge is 0.493 e. The molecule has 1 aliphatic rings. The molecule has 1 amide bonds. The number of hydrogen-bond acceptors (Lipinski definition) is 4. The van der Waals surface area contributed by atoms with Crippen molar-refractivity contribution >= 4 is 16.8 Å². The zero-order valence-corrected chi connectivity index (χ0v) is 23.2. The maximum Gasteiger partial charge on any atom is 0.236 e. The summed E-state index contributed by atoms with van der Waals surface area (Å²) in [4.78, 5) is 18.3. The molecule has 202 valence electrons. The Morgan fingerprint density at radius 3 is 2.55 bits per heavy atom. The SMILES string of the molecule is C#CCCCCNCC(=O)N1CCC(c2ccc3[nH]c(-c4ccc(OC)c(OC)c4)c(C(C)C)c3c2)CC1. The summed E-state index contributed by atoms with van der Waals surface area (Å²) in [5.41, 5.74) is 6.02. The second-order valence-corrected chi connectivity index (χ2v) is 10.4. The van der Waals surface area contributed by atoms with E-state index in [1.165, 1.54) is 16.5 Å². The molecule has 6 heteroatoms. The molecule has 0 bridgehead atoms. The fourth-order valence-electron chi connectivity index (χ4n) is 5.55. The van der Waals surface area contributed by atoms with E-state index in [-0.39, 0.29) is 5.91 Å². The number of aromatic amines is 1. The van der Waals surface area contributed by atoms with Crippen molar-refractivity contribution in [3.8, 4) is 35.1 Å². The molecular weight excluding hydrogens is 474 g/mol. The van der Waals surface area contributed by atoms with Gasteiger partial charge < -0.3 is 24.7 Å². The Kier molecular flexibility index (Phi) is 9.36. The van der Waals surface area contributed by atoms with E-state index in [1.54, 1.807) is 14.2 Å². The van der Waals surface area contributed by atoms with Gasteiger partial charge >= 0.3 is 0 Å². The first-order chi connectivity index (χ1) is 18.5. The van der Waals surface area contributed by atoms with Gasteiger partial charge in [0.1, 0.15) is 0 Å². The molecule has 6 nitrogen and oxygen atoms in total. The third-order valence-corrected chi connectivity index (χ3v) is 7.63. The molecule has 2 heterocycles. The van der Waals surface area contributed by atoms with Crippen LogP contribution in [0.3, 0.4) is 0 Å². The van der Waals surface area contributed by atoms with Crippen LogP contribution in [-0.4, -0.2) is 56.2 Å². The molecule has 4 rings (SSSR count). The number of methoxy groups -OCH3 is 2. The third kappa shape index (κ3) is 6.16. The van der Waals surface area contributed by atoms with Crippen molar-refractivity contribution in [2.24, 2.45) is 0 Å². The molecule has 1 aromatic heterocycles. The van der Waals surface area contributed by atoms with E-state index in [2.05, 4.69) is 54.3 Å². The van der Waals surface area contributed by atoms with E-state index in [0.717, 1.165) is 80.0 Å². The molecule has 1 aliphatic heterocycles. The number of benzene rings is 2. The lowest BCUT2D eigenvalue weighted by Crippen LogP contribution is -2.42. The summed E-state index contributed by atoms with van der Waals surface area (Å²) in [5.74, 6) is 5.11. The van der Waals surface area contributed by atoms with Crippen molar-refractivity contribution in [3.63, 3.8) is 0 Å². The topological polar surface area (TPSA) is 66.6 Å². The Bertz CT molecular complexity index is 1280. The van der Waals surface area contributed by atoms with E-state index in [9.17, 15) is 4.79 Å². The number of terminal acetylenes is 1. The Morgan fingerprint density at radius 2 is 1.87 bits per heavy atom. The van der Waals surface area contributed by atoms with Crippen LogP contribution < -0.4 is 14.8 Å². The summed E-state index contributed by atoms with van der Waals surface area (Å²) >= 11 is 0. The van der Waals surface area contributed by atoms with Gasteiger partial charge in [-0.3, -0.25) is 4.79 Å². The predicted octanol–water partition coefficient (Wildman–Crippen LogP) is 6.07. The number of fused-ring (bicyclic) bond motifs is 1. The summed E-state index contributed by atoms with van der Waals surface area (Å²) in [6.07, 6.45) is 10.1. The number of aromatic nitrogens is 1. The van der Waals surface area contributed by atoms with Crippen molar-refractivity contribution < 1.29 is 14.3 Å². The van der Waals surface area contributed by atoms with Crippen LogP contribution in [0.1, 0.15) is 68.9 Å². The predicted molar refractivity (Wildman–Crippen MR) is 155 cm³/mol. The van der Waals surface area contributed by atoms with Crippen molar-refractivity contribution in [2.75, 3.05) is 40.4 Å². The van der Waals surface area contributed by atoms with Crippen LogP contribution in [0, 0.1) is 12.3 Å². The van der Waals surface area contributed by atoms with Crippen LogP contribution in [0.5, 0.6) is 11.5 Å². The highest BCUT2D eigenvalue weighted by atomic mass is 16.5. The average molecular weight is 516 g/mol. The highest BCUT2D eigenvalue weighted by Crippen LogP contribution is 2.40. The first kappa shape index (κ1) is 27.6. The van der Waals surface area contributed by atoms with E-state index in [0.29, 0.717) is 18.4 Å². The first-order valence-corrected chi connectivity index (χ1v) is 13.8. The number of H-pyrrole nitrogens is 1. The van der Waals surface area contributed by atoms with Crippen molar-refractivity contribution in [1.29, 1.82) is 0 Å². The van der Waals surface area contributed by atoms with Crippen molar-refractivity contribution in [1.82, 2.24) is 15.2 Å². The quantitative estimate of drug-likeness (QED) is 0.240. The second-order valence-electron chi connectivity index (χ2n) is 10.4. The lowest BCUT2D eigenvalue weighted by Gasteiger charge is -2.32. The number of nitrogens with one attached hydrogen (secondary N) is 2.